The molecule has 0 aromatic heterocycles. The van der Waals surface area contributed by atoms with Gasteiger partial charge in [0.15, 0.2) is 0 Å². The van der Waals surface area contributed by atoms with Crippen LogP contribution < -0.4 is 5.46 Å². The van der Waals surface area contributed by atoms with Crippen molar-refractivity contribution in [3.8, 4) is 0 Å². The summed E-state index contributed by atoms with van der Waals surface area (Å²) in [6.07, 6.45) is 1.83. The van der Waals surface area contributed by atoms with E-state index in [9.17, 15) is 12.9 Å². The Balaban J connectivity index is 2.93. The Bertz CT molecular complexity index is 254. The predicted molar refractivity (Wildman–Crippen MR) is 46.9 cm³/mol. The van der Waals surface area contributed by atoms with E-state index in [0.29, 0.717) is 0 Å². The molecule has 1 rings (SSSR count). The van der Waals surface area contributed by atoms with Crippen LogP contribution in [0.25, 0.3) is 0 Å². The number of hydrogen-bond donors (Lipinski definition) is 0. The molecule has 0 aliphatic rings. The Labute approximate surface area is 73.2 Å². The summed E-state index contributed by atoms with van der Waals surface area (Å²) in [7, 11) is 0. The van der Waals surface area contributed by atoms with Crippen LogP contribution in [-0.4, -0.2) is 13.2 Å². The van der Waals surface area contributed by atoms with Gasteiger partial charge in [-0.2, -0.15) is 0 Å². The maximum Gasteiger partial charge on any atom is 0.509 e. The zero-order valence-corrected chi connectivity index (χ0v) is 7.25. The van der Waals surface area contributed by atoms with Gasteiger partial charge in [0.05, 0.1) is 0 Å². The van der Waals surface area contributed by atoms with E-state index in [0.717, 1.165) is 17.0 Å². The van der Waals surface area contributed by atoms with Gasteiger partial charge in [-0.15, -0.1) is 17.2 Å². The number of rotatable bonds is 2. The number of halogens is 3. The minimum absolute atomic E-state index is 0.534. The van der Waals surface area contributed by atoms with Gasteiger partial charge in [0.25, 0.3) is 0 Å². The molecule has 0 bridgehead atoms. The summed E-state index contributed by atoms with van der Waals surface area (Å²) in [6.45, 7) is -4.83. The van der Waals surface area contributed by atoms with E-state index in [1.54, 1.807) is 0 Å². The average Bonchev–Trinajstić information content (AvgIpc) is 2.03. The minimum Gasteiger partial charge on any atom is -0.445 e. The van der Waals surface area contributed by atoms with E-state index >= 15 is 0 Å². The van der Waals surface area contributed by atoms with Crippen LogP contribution in [0, 0.1) is 0 Å². The highest BCUT2D eigenvalue weighted by atomic mass is 32.2. The van der Waals surface area contributed by atoms with Crippen molar-refractivity contribution < 1.29 is 12.9 Å². The second-order valence-electron chi connectivity index (χ2n) is 2.35. The molecule has 0 unspecified atom stereocenters. The van der Waals surface area contributed by atoms with Crippen LogP contribution in [0.2, 0.25) is 0 Å². The maximum absolute atomic E-state index is 12.1. The lowest BCUT2D eigenvalue weighted by atomic mass is 9.80. The van der Waals surface area contributed by atoms with E-state index in [4.69, 9.17) is 0 Å². The normalized spacial score (nSPS) is 11.7. The molecule has 0 atom stereocenters. The zero-order chi connectivity index (χ0) is 9.19. The van der Waals surface area contributed by atoms with Crippen molar-refractivity contribution in [1.82, 2.24) is 0 Å². The second-order valence-corrected chi connectivity index (χ2v) is 3.23. The molecule has 1 aromatic carbocycles. The first-order chi connectivity index (χ1) is 5.54. The Hall–Kier alpha value is -0.575. The Kier molecular flexibility index (Phi) is 2.72. The lowest BCUT2D eigenvalue weighted by molar-refractivity contribution is 0.501. The summed E-state index contributed by atoms with van der Waals surface area (Å²) in [4.78, 5) is 0.846. The monoisotopic (exact) mass is 191 g/mol. The molecular formula is C7H7BF3S-. The van der Waals surface area contributed by atoms with Crippen molar-refractivity contribution in [3.05, 3.63) is 24.3 Å². The molecule has 0 heterocycles. The van der Waals surface area contributed by atoms with Crippen LogP contribution in [0.15, 0.2) is 29.2 Å². The highest BCUT2D eigenvalue weighted by Crippen LogP contribution is 2.15. The van der Waals surface area contributed by atoms with Crippen LogP contribution in [0.5, 0.6) is 0 Å². The van der Waals surface area contributed by atoms with E-state index < -0.39 is 12.4 Å². The van der Waals surface area contributed by atoms with E-state index in [2.05, 4.69) is 0 Å². The van der Waals surface area contributed by atoms with Crippen LogP contribution in [0.4, 0.5) is 12.9 Å². The van der Waals surface area contributed by atoms with Gasteiger partial charge >= 0.3 is 6.98 Å². The first kappa shape index (κ1) is 9.51. The third-order valence-corrected chi connectivity index (χ3v) is 2.24. The zero-order valence-electron chi connectivity index (χ0n) is 6.43. The molecule has 0 nitrogen and oxygen atoms in total. The Morgan fingerprint density at radius 3 is 1.92 bits per heavy atom. The fourth-order valence-electron chi connectivity index (χ4n) is 0.822. The molecule has 66 valence electrons. The fourth-order valence-corrected chi connectivity index (χ4v) is 1.23. The van der Waals surface area contributed by atoms with E-state index in [1.807, 2.05) is 6.26 Å². The summed E-state index contributed by atoms with van der Waals surface area (Å²) >= 11 is 1.43. The van der Waals surface area contributed by atoms with Gasteiger partial charge in [0, 0.05) is 4.90 Å². The smallest absolute Gasteiger partial charge is 0.445 e. The van der Waals surface area contributed by atoms with Gasteiger partial charge < -0.3 is 12.9 Å². The Morgan fingerprint density at radius 1 is 1.08 bits per heavy atom. The maximum atomic E-state index is 12.1. The van der Waals surface area contributed by atoms with Crippen molar-refractivity contribution in [2.45, 2.75) is 4.90 Å². The summed E-state index contributed by atoms with van der Waals surface area (Å²) < 4.78 is 36.2. The summed E-state index contributed by atoms with van der Waals surface area (Å²) in [6, 6.07) is 5.20. The van der Waals surface area contributed by atoms with E-state index in [1.165, 1.54) is 23.9 Å². The second kappa shape index (κ2) is 3.43. The van der Waals surface area contributed by atoms with Gasteiger partial charge in [-0.05, 0) is 6.26 Å². The van der Waals surface area contributed by atoms with Crippen molar-refractivity contribution in [2.24, 2.45) is 0 Å². The topological polar surface area (TPSA) is 0 Å². The molecule has 0 aliphatic heterocycles. The van der Waals surface area contributed by atoms with Crippen molar-refractivity contribution in [3.63, 3.8) is 0 Å². The molecule has 0 radical (unpaired) electrons. The molecule has 5 heteroatoms. The minimum atomic E-state index is -4.83. The van der Waals surface area contributed by atoms with Gasteiger partial charge in [-0.1, -0.05) is 24.3 Å². The third-order valence-electron chi connectivity index (χ3n) is 1.49. The van der Waals surface area contributed by atoms with Gasteiger partial charge in [-0.3, -0.25) is 0 Å². The number of benzene rings is 1. The number of hydrogen-bond acceptors (Lipinski definition) is 1. The molecular weight excluding hydrogens is 184 g/mol. The summed E-state index contributed by atoms with van der Waals surface area (Å²) in [5, 5.41) is 0. The van der Waals surface area contributed by atoms with Crippen molar-refractivity contribution >= 4 is 24.2 Å². The first-order valence-electron chi connectivity index (χ1n) is 3.38. The standard InChI is InChI=1S/C7H7BF3S/c1-12-7-4-2-6(3-5-7)8(9,10)11/h2-5H,1H3/q-1. The summed E-state index contributed by atoms with van der Waals surface area (Å²) in [5.74, 6) is 0. The summed E-state index contributed by atoms with van der Waals surface area (Å²) in [5.41, 5.74) is -0.534. The van der Waals surface area contributed by atoms with E-state index in [-0.39, 0.29) is 0 Å². The van der Waals surface area contributed by atoms with Gasteiger partial charge in [-0.25, -0.2) is 0 Å². The average molecular weight is 191 g/mol. The SMILES string of the molecule is CSc1ccc([B-](F)(F)F)cc1. The highest BCUT2D eigenvalue weighted by molar-refractivity contribution is 7.98. The van der Waals surface area contributed by atoms with Gasteiger partial charge in [0.2, 0.25) is 0 Å². The van der Waals surface area contributed by atoms with Crippen LogP contribution >= 0.6 is 11.8 Å². The van der Waals surface area contributed by atoms with Crippen molar-refractivity contribution in [2.75, 3.05) is 6.26 Å². The number of thioether (sulfide) groups is 1. The van der Waals surface area contributed by atoms with Gasteiger partial charge in [0.1, 0.15) is 0 Å². The molecule has 12 heavy (non-hydrogen) atoms. The first-order valence-corrected chi connectivity index (χ1v) is 4.60. The van der Waals surface area contributed by atoms with Crippen molar-refractivity contribution in [1.29, 1.82) is 0 Å². The molecule has 0 spiro atoms. The molecule has 0 N–H and O–H groups in total. The Morgan fingerprint density at radius 2 is 1.58 bits per heavy atom. The third kappa shape index (κ3) is 2.20. The molecule has 0 amide bonds. The van der Waals surface area contributed by atoms with Crippen LogP contribution in [0.1, 0.15) is 0 Å². The lowest BCUT2D eigenvalue weighted by Crippen LogP contribution is -2.33. The largest absolute Gasteiger partial charge is 0.509 e. The lowest BCUT2D eigenvalue weighted by Gasteiger charge is -2.14. The molecule has 0 fully saturated rings. The predicted octanol–water partition coefficient (Wildman–Crippen LogP) is 2.46. The molecule has 0 saturated carbocycles. The molecule has 1 aromatic rings. The van der Waals surface area contributed by atoms with Crippen LogP contribution in [0.3, 0.4) is 0 Å². The fraction of sp³-hybridized carbons (Fsp3) is 0.143. The van der Waals surface area contributed by atoms with Crippen LogP contribution in [-0.2, 0) is 0 Å². The molecule has 0 saturated heterocycles. The quantitative estimate of drug-likeness (QED) is 0.511. The molecule has 0 aliphatic carbocycles. The highest BCUT2D eigenvalue weighted by Gasteiger charge is 2.24.